The van der Waals surface area contributed by atoms with Crippen molar-refractivity contribution in [1.82, 2.24) is 25.2 Å². The number of halogens is 1. The fourth-order valence-corrected chi connectivity index (χ4v) is 8.04. The maximum atomic E-state index is 10.4. The lowest BCUT2D eigenvalue weighted by Gasteiger charge is -2.34. The van der Waals surface area contributed by atoms with E-state index < -0.39 is 0 Å². The number of nitrogens with one attached hydrogen (secondary N) is 1. The van der Waals surface area contributed by atoms with Crippen LogP contribution >= 0.6 is 11.6 Å². The average molecular weight is 547 g/mol. The maximum absolute atomic E-state index is 10.4. The number of phenols is 1. The summed E-state index contributed by atoms with van der Waals surface area (Å²) in [6.07, 6.45) is 11.4. The Morgan fingerprint density at radius 3 is 2.54 bits per heavy atom. The molecule has 4 aliphatic heterocycles. The number of hydrogen-bond acceptors (Lipinski definition) is 8. The van der Waals surface area contributed by atoms with Crippen molar-refractivity contribution in [2.24, 2.45) is 0 Å². The van der Waals surface area contributed by atoms with Crippen LogP contribution in [0.25, 0.3) is 22.2 Å². The number of phenolic OH excluding ortho intramolecular Hbond substituents is 1. The van der Waals surface area contributed by atoms with E-state index >= 15 is 0 Å². The van der Waals surface area contributed by atoms with Gasteiger partial charge in [-0.1, -0.05) is 11.6 Å². The number of aromatic hydroxyl groups is 1. The molecule has 4 saturated heterocycles. The Balaban J connectivity index is 1.21. The summed E-state index contributed by atoms with van der Waals surface area (Å²) in [5, 5.41) is 14.7. The number of anilines is 1. The number of fused-ring (bicyclic) bond motifs is 4. The molecular formula is C30H35ClN6O2. The lowest BCUT2D eigenvalue weighted by Crippen LogP contribution is -2.51. The third-order valence-electron chi connectivity index (χ3n) is 9.71. The third kappa shape index (κ3) is 4.23. The molecule has 2 aromatic heterocycles. The van der Waals surface area contributed by atoms with Crippen molar-refractivity contribution in [1.29, 1.82) is 0 Å². The lowest BCUT2D eigenvalue weighted by molar-refractivity contribution is 0.108. The minimum Gasteiger partial charge on any atom is -0.508 e. The molecule has 8 rings (SSSR count). The van der Waals surface area contributed by atoms with Crippen LogP contribution in [0.15, 0.2) is 24.4 Å². The molecule has 8 nitrogen and oxygen atoms in total. The number of pyridine rings is 1. The topological polar surface area (TPSA) is 86.6 Å². The second-order valence-electron chi connectivity index (χ2n) is 12.3. The van der Waals surface area contributed by atoms with Crippen molar-refractivity contribution in [3.05, 3.63) is 35.0 Å². The molecule has 6 heterocycles. The number of nitrogens with zero attached hydrogens (tertiary/aromatic N) is 5. The minimum absolute atomic E-state index is 0.129. The quantitative estimate of drug-likeness (QED) is 0.452. The van der Waals surface area contributed by atoms with E-state index in [9.17, 15) is 5.11 Å². The Hall–Kier alpha value is -2.68. The summed E-state index contributed by atoms with van der Waals surface area (Å²) < 4.78 is 6.46. The van der Waals surface area contributed by atoms with Crippen molar-refractivity contribution in [2.75, 3.05) is 37.7 Å². The standard InChI is InChI=1S/C30H35ClN6O2/c31-24-13-22(38)12-23(26(24)18-3-4-18)19-11-25-27(32-14-19)28(36-15-20-5-6-21(16-36)33-20)35-29(34-25)39-17-30-7-1-9-37(30)10-2-8-30/h11-14,18,20-21,33,38H,1-10,15-17H2/t20-,21+. The van der Waals surface area contributed by atoms with Crippen LogP contribution in [0, 0.1) is 0 Å². The SMILES string of the molecule is Oc1cc(Cl)c(C2CC2)c(-c2cnc3c(N4C[C@H]5CC[C@@H](C4)N5)nc(OCC45CCCN4CCC5)nc3c2)c1. The highest BCUT2D eigenvalue weighted by Gasteiger charge is 2.45. The number of benzene rings is 1. The zero-order valence-corrected chi connectivity index (χ0v) is 23.0. The molecule has 5 fully saturated rings. The molecule has 0 amide bonds. The van der Waals surface area contributed by atoms with E-state index in [1.165, 1.54) is 51.6 Å². The largest absolute Gasteiger partial charge is 0.508 e. The van der Waals surface area contributed by atoms with Gasteiger partial charge < -0.3 is 20.1 Å². The van der Waals surface area contributed by atoms with Crippen molar-refractivity contribution in [2.45, 2.75) is 74.9 Å². The van der Waals surface area contributed by atoms with Gasteiger partial charge in [-0.3, -0.25) is 9.88 Å². The van der Waals surface area contributed by atoms with Crippen LogP contribution in [-0.4, -0.2) is 75.4 Å². The van der Waals surface area contributed by atoms with Crippen LogP contribution < -0.4 is 15.0 Å². The molecule has 0 spiro atoms. The molecule has 39 heavy (non-hydrogen) atoms. The van der Waals surface area contributed by atoms with Crippen LogP contribution in [0.5, 0.6) is 11.8 Å². The predicted molar refractivity (Wildman–Crippen MR) is 152 cm³/mol. The van der Waals surface area contributed by atoms with E-state index in [2.05, 4.69) is 21.2 Å². The summed E-state index contributed by atoms with van der Waals surface area (Å²) in [6.45, 7) is 4.79. The molecule has 1 saturated carbocycles. The number of piperazine rings is 1. The maximum Gasteiger partial charge on any atom is 0.319 e. The van der Waals surface area contributed by atoms with Gasteiger partial charge in [-0.15, -0.1) is 0 Å². The molecule has 2 atom stereocenters. The highest BCUT2D eigenvalue weighted by molar-refractivity contribution is 6.32. The highest BCUT2D eigenvalue weighted by atomic mass is 35.5. The van der Waals surface area contributed by atoms with Crippen molar-refractivity contribution in [3.8, 4) is 22.9 Å². The Labute approximate surface area is 233 Å². The number of rotatable bonds is 6. The summed E-state index contributed by atoms with van der Waals surface area (Å²) in [7, 11) is 0. The van der Waals surface area contributed by atoms with Crippen LogP contribution in [0.4, 0.5) is 5.82 Å². The predicted octanol–water partition coefficient (Wildman–Crippen LogP) is 4.88. The van der Waals surface area contributed by atoms with Gasteiger partial charge in [0.1, 0.15) is 17.9 Å². The molecule has 2 bridgehead atoms. The van der Waals surface area contributed by atoms with Gasteiger partial charge in [0.15, 0.2) is 5.82 Å². The summed E-state index contributed by atoms with van der Waals surface area (Å²) in [5.74, 6) is 1.46. The van der Waals surface area contributed by atoms with E-state index in [0.29, 0.717) is 35.6 Å². The Bertz CT molecular complexity index is 1420. The van der Waals surface area contributed by atoms with Gasteiger partial charge in [0.25, 0.3) is 0 Å². The molecule has 9 heteroatoms. The zero-order valence-electron chi connectivity index (χ0n) is 22.2. The van der Waals surface area contributed by atoms with Crippen LogP contribution in [0.2, 0.25) is 5.02 Å². The molecular weight excluding hydrogens is 512 g/mol. The van der Waals surface area contributed by atoms with E-state index in [1.807, 2.05) is 12.3 Å². The highest BCUT2D eigenvalue weighted by Crippen LogP contribution is 2.49. The molecule has 3 aromatic rings. The number of ether oxygens (including phenoxy) is 1. The van der Waals surface area contributed by atoms with Gasteiger partial charge in [-0.25, -0.2) is 0 Å². The zero-order chi connectivity index (χ0) is 26.1. The molecule has 1 aliphatic carbocycles. The van der Waals surface area contributed by atoms with E-state index in [4.69, 9.17) is 31.3 Å². The molecule has 0 unspecified atom stereocenters. The van der Waals surface area contributed by atoms with Gasteiger partial charge in [0.05, 0.1) is 11.1 Å². The summed E-state index contributed by atoms with van der Waals surface area (Å²) in [4.78, 5) is 19.8. The monoisotopic (exact) mass is 546 g/mol. The van der Waals surface area contributed by atoms with Gasteiger partial charge in [-0.05, 0) is 99.7 Å². The van der Waals surface area contributed by atoms with Crippen LogP contribution in [0.3, 0.4) is 0 Å². The van der Waals surface area contributed by atoms with Gasteiger partial charge >= 0.3 is 6.01 Å². The molecule has 1 aromatic carbocycles. The fourth-order valence-electron chi connectivity index (χ4n) is 7.67. The molecule has 0 radical (unpaired) electrons. The van der Waals surface area contributed by atoms with E-state index in [-0.39, 0.29) is 11.3 Å². The summed E-state index contributed by atoms with van der Waals surface area (Å²) >= 11 is 6.63. The number of aromatic nitrogens is 3. The first-order valence-electron chi connectivity index (χ1n) is 14.6. The van der Waals surface area contributed by atoms with Gasteiger partial charge in [0, 0.05) is 42.0 Å². The summed E-state index contributed by atoms with van der Waals surface area (Å²) in [5.41, 5.74) is 4.65. The number of hydrogen-bond donors (Lipinski definition) is 2. The summed E-state index contributed by atoms with van der Waals surface area (Å²) in [6, 6.07) is 6.93. The van der Waals surface area contributed by atoms with Gasteiger partial charge in [0.2, 0.25) is 0 Å². The average Bonchev–Trinajstić information content (AvgIpc) is 3.42. The third-order valence-corrected chi connectivity index (χ3v) is 10.0. The molecule has 5 aliphatic rings. The first-order valence-corrected chi connectivity index (χ1v) is 15.0. The van der Waals surface area contributed by atoms with Crippen molar-refractivity contribution >= 4 is 28.5 Å². The van der Waals surface area contributed by atoms with Crippen molar-refractivity contribution in [3.63, 3.8) is 0 Å². The van der Waals surface area contributed by atoms with Crippen LogP contribution in [0.1, 0.15) is 62.8 Å². The first kappa shape index (κ1) is 24.1. The smallest absolute Gasteiger partial charge is 0.319 e. The lowest BCUT2D eigenvalue weighted by atomic mass is 9.95. The van der Waals surface area contributed by atoms with Gasteiger partial charge in [-0.2, -0.15) is 9.97 Å². The van der Waals surface area contributed by atoms with Crippen LogP contribution in [-0.2, 0) is 0 Å². The molecule has 2 N–H and O–H groups in total. The Morgan fingerprint density at radius 1 is 1.03 bits per heavy atom. The van der Waals surface area contributed by atoms with E-state index in [1.54, 1.807) is 6.07 Å². The van der Waals surface area contributed by atoms with Crippen molar-refractivity contribution < 1.29 is 9.84 Å². The molecule has 204 valence electrons. The Morgan fingerprint density at radius 2 is 1.79 bits per heavy atom. The second kappa shape index (κ2) is 9.18. The van der Waals surface area contributed by atoms with E-state index in [0.717, 1.165) is 59.5 Å². The first-order chi connectivity index (χ1) is 19.0. The minimum atomic E-state index is 0.129. The second-order valence-corrected chi connectivity index (χ2v) is 12.7. The fraction of sp³-hybridized carbons (Fsp3) is 0.567. The normalized spacial score (nSPS) is 25.9. The Kier molecular flexibility index (Phi) is 5.68.